The summed E-state index contributed by atoms with van der Waals surface area (Å²) in [5.74, 6) is 0. The molecule has 3 rings (SSSR count). The zero-order valence-corrected chi connectivity index (χ0v) is 22.6. The molecule has 0 heterocycles. The first kappa shape index (κ1) is 32.5. The second kappa shape index (κ2) is 18.6. The minimum atomic E-state index is 0. The third kappa shape index (κ3) is 14.7. The smallest absolute Gasteiger partial charge is 0.0477 e. The number of benzene rings is 1. The molecule has 0 atom stereocenters. The average Bonchev–Trinajstić information content (AvgIpc) is 3.02. The molecule has 0 spiro atoms. The van der Waals surface area contributed by atoms with Gasteiger partial charge in [-0.05, 0) is 0 Å². The molecule has 0 aliphatic heterocycles. The van der Waals surface area contributed by atoms with Crippen molar-refractivity contribution in [1.82, 2.24) is 0 Å². The van der Waals surface area contributed by atoms with Gasteiger partial charge in [0.1, 0.15) is 0 Å². The molecule has 0 amide bonds. The fourth-order valence-corrected chi connectivity index (χ4v) is 2.05. The Morgan fingerprint density at radius 2 is 1.12 bits per heavy atom. The van der Waals surface area contributed by atoms with E-state index in [4.69, 9.17) is 0 Å². The van der Waals surface area contributed by atoms with Crippen molar-refractivity contribution in [2.24, 2.45) is 0 Å². The first-order valence-corrected chi connectivity index (χ1v) is 8.07. The summed E-state index contributed by atoms with van der Waals surface area (Å²) in [7, 11) is 1.90. The van der Waals surface area contributed by atoms with Crippen LogP contribution >= 0.6 is 24.8 Å². The molecule has 2 aliphatic rings. The van der Waals surface area contributed by atoms with Crippen molar-refractivity contribution >= 4 is 40.2 Å². The van der Waals surface area contributed by atoms with Crippen molar-refractivity contribution in [2.75, 3.05) is 0 Å². The molecule has 0 saturated carbocycles. The molecule has 0 aromatic heterocycles. The summed E-state index contributed by atoms with van der Waals surface area (Å²) in [6.07, 6.45) is 12.8. The van der Waals surface area contributed by atoms with Gasteiger partial charge in [0.15, 0.2) is 0 Å². The largest absolute Gasteiger partial charge is 0.358 e. The molecular weight excluding hydrogens is 530 g/mol. The van der Waals surface area contributed by atoms with E-state index in [1.54, 1.807) is 0 Å². The number of allylic oxidation sites excluding steroid dienone is 8. The fourth-order valence-electron chi connectivity index (χ4n) is 1.78. The summed E-state index contributed by atoms with van der Waals surface area (Å²) in [5, 5.41) is 1.35. The van der Waals surface area contributed by atoms with Gasteiger partial charge in [0.05, 0.1) is 0 Å². The van der Waals surface area contributed by atoms with Gasteiger partial charge in [-0.3, -0.25) is 12.2 Å². The summed E-state index contributed by atoms with van der Waals surface area (Å²) in [6.45, 7) is 8.43. The topological polar surface area (TPSA) is 0 Å². The van der Waals surface area contributed by atoms with E-state index in [0.717, 1.165) is 12.8 Å². The third-order valence-corrected chi connectivity index (χ3v) is 4.05. The van der Waals surface area contributed by atoms with E-state index in [2.05, 4.69) is 64.1 Å². The van der Waals surface area contributed by atoms with Crippen LogP contribution in [0.1, 0.15) is 40.5 Å². The van der Waals surface area contributed by atoms with Gasteiger partial charge in [-0.25, -0.2) is 22.3 Å². The van der Waals surface area contributed by atoms with Crippen LogP contribution in [0, 0.1) is 19.6 Å². The van der Waals surface area contributed by atoms with E-state index < -0.39 is 0 Å². The predicted octanol–water partition coefficient (Wildman–Crippen LogP) is 5.41. The Hall–Kier alpha value is -0.153. The van der Waals surface area contributed by atoms with Gasteiger partial charge in [-0.2, -0.15) is 12.2 Å². The molecule has 0 N–H and O–H groups in total. The fraction of sp³-hybridized carbons (Fsp3) is 0.286. The first-order valence-electron chi connectivity index (χ1n) is 7.37. The monoisotopic (exact) mass is 560 g/mol. The van der Waals surface area contributed by atoms with E-state index in [1.807, 2.05) is 28.4 Å². The maximum absolute atomic E-state index is 3.19. The molecule has 25 heavy (non-hydrogen) atoms. The molecule has 0 saturated heterocycles. The molecular formula is C21H30Cl2HfSi-3. The maximum Gasteiger partial charge on any atom is 0.0477 e. The van der Waals surface area contributed by atoms with Crippen molar-refractivity contribution in [3.05, 3.63) is 84.4 Å². The van der Waals surface area contributed by atoms with E-state index >= 15 is 0 Å². The van der Waals surface area contributed by atoms with Crippen molar-refractivity contribution < 1.29 is 25.8 Å². The molecule has 0 fully saturated rings. The quantitative estimate of drug-likeness (QED) is 0.295. The molecule has 2 aliphatic carbocycles. The number of hydrogen-bond acceptors (Lipinski definition) is 0. The molecule has 0 unspecified atom stereocenters. The number of hydrogen-bond donors (Lipinski definition) is 0. The van der Waals surface area contributed by atoms with Crippen LogP contribution < -0.4 is 5.19 Å². The van der Waals surface area contributed by atoms with Crippen LogP contribution in [-0.2, 0) is 25.8 Å². The van der Waals surface area contributed by atoms with Gasteiger partial charge in [0.2, 0.25) is 0 Å². The van der Waals surface area contributed by atoms with E-state index in [-0.39, 0.29) is 58.1 Å². The minimum absolute atomic E-state index is 0. The number of rotatable bonds is 0. The van der Waals surface area contributed by atoms with Crippen LogP contribution in [0.2, 0.25) is 0 Å². The molecule has 139 valence electrons. The Bertz CT molecular complexity index is 507. The molecule has 1 radical (unpaired) electrons. The second-order valence-corrected chi connectivity index (χ2v) is 6.09. The Balaban J connectivity index is -0.000000122. The van der Waals surface area contributed by atoms with Crippen LogP contribution in [0.4, 0.5) is 0 Å². The first-order chi connectivity index (χ1) is 10.0. The second-order valence-electron chi connectivity index (χ2n) is 5.27. The van der Waals surface area contributed by atoms with Crippen molar-refractivity contribution in [3.8, 4) is 0 Å². The van der Waals surface area contributed by atoms with Gasteiger partial charge < -0.3 is 7.43 Å². The van der Waals surface area contributed by atoms with Gasteiger partial charge in [0, 0.05) is 36.1 Å². The third-order valence-electron chi connectivity index (χ3n) is 3.58. The standard InChI is InChI=1S/2C7H9.C6H7Si.CH3.2ClH.Hf/c2*1-6-4-3-5-7(6)2;7-6-4-2-1-3-5-6;;;;/h2*4H,3H2,1-2H3;1-5H,7H2;1H3;2*1H;/q2*-1;;-1;;;. The van der Waals surface area contributed by atoms with Gasteiger partial charge in [-0.1, -0.05) is 49.4 Å². The maximum atomic E-state index is 3.19. The van der Waals surface area contributed by atoms with Gasteiger partial charge in [0.25, 0.3) is 0 Å². The molecule has 0 nitrogen and oxygen atoms in total. The average molecular weight is 560 g/mol. The van der Waals surface area contributed by atoms with E-state index in [0.29, 0.717) is 0 Å². The van der Waals surface area contributed by atoms with Crippen LogP contribution in [0.15, 0.2) is 64.8 Å². The van der Waals surface area contributed by atoms with Crippen molar-refractivity contribution in [2.45, 2.75) is 40.5 Å². The predicted molar refractivity (Wildman–Crippen MR) is 117 cm³/mol. The summed E-state index contributed by atoms with van der Waals surface area (Å²) in [4.78, 5) is 0. The van der Waals surface area contributed by atoms with Crippen molar-refractivity contribution in [3.63, 3.8) is 0 Å². The molecule has 1 aromatic rings. The summed E-state index contributed by atoms with van der Waals surface area (Å²) < 4.78 is 0. The summed E-state index contributed by atoms with van der Waals surface area (Å²) >= 11 is 0. The molecule has 0 bridgehead atoms. The van der Waals surface area contributed by atoms with Crippen LogP contribution in [0.25, 0.3) is 0 Å². The SMILES string of the molecule is CC1=[C-]CC=C1C.CC1=[C-]CC=C1C.Cl.Cl.[CH3-].[Hf].[SiH2]c1ccccc1. The summed E-state index contributed by atoms with van der Waals surface area (Å²) in [6, 6.07) is 10.3. The Labute approximate surface area is 190 Å². The normalized spacial score (nSPS) is 13.2. The van der Waals surface area contributed by atoms with Crippen LogP contribution in [0.3, 0.4) is 0 Å². The zero-order valence-electron chi connectivity index (χ0n) is 16.0. The van der Waals surface area contributed by atoms with Gasteiger partial charge in [-0.15, -0.1) is 51.5 Å². The van der Waals surface area contributed by atoms with E-state index in [1.165, 1.54) is 27.5 Å². The van der Waals surface area contributed by atoms with Crippen molar-refractivity contribution in [1.29, 1.82) is 0 Å². The summed E-state index contributed by atoms with van der Waals surface area (Å²) in [5.41, 5.74) is 5.42. The Kier molecular flexibility index (Phi) is 24.2. The number of halogens is 2. The van der Waals surface area contributed by atoms with Crippen LogP contribution in [0.5, 0.6) is 0 Å². The Morgan fingerprint density at radius 3 is 1.24 bits per heavy atom. The minimum Gasteiger partial charge on any atom is -0.358 e. The molecule has 4 heteroatoms. The Morgan fingerprint density at radius 1 is 0.760 bits per heavy atom. The molecule has 1 aromatic carbocycles. The zero-order chi connectivity index (χ0) is 15.7. The van der Waals surface area contributed by atoms with Gasteiger partial charge >= 0.3 is 0 Å². The van der Waals surface area contributed by atoms with E-state index in [9.17, 15) is 0 Å². The van der Waals surface area contributed by atoms with Crippen LogP contribution in [-0.4, -0.2) is 10.2 Å².